The number of carbonyl (C=O) groups is 1. The molecule has 72 valence electrons. The van der Waals surface area contributed by atoms with Crippen LogP contribution in [0.15, 0.2) is 10.7 Å². The Kier molecular flexibility index (Phi) is 2.98. The molecule has 0 aliphatic carbocycles. The SMILES string of the molecule is NC(=O)c1coc(NCS(=O)O)n1. The number of oxazole rings is 1. The van der Waals surface area contributed by atoms with Crippen LogP contribution in [0.4, 0.5) is 6.01 Å². The zero-order valence-corrected chi connectivity index (χ0v) is 7.21. The average molecular weight is 205 g/mol. The van der Waals surface area contributed by atoms with Gasteiger partial charge in [-0.05, 0) is 0 Å². The summed E-state index contributed by atoms with van der Waals surface area (Å²) in [4.78, 5) is 14.1. The molecule has 1 aromatic heterocycles. The second-order valence-corrected chi connectivity index (χ2v) is 2.98. The van der Waals surface area contributed by atoms with Gasteiger partial charge in [-0.15, -0.1) is 0 Å². The number of nitrogens with one attached hydrogen (secondary N) is 1. The largest absolute Gasteiger partial charge is 0.431 e. The topological polar surface area (TPSA) is 118 Å². The van der Waals surface area contributed by atoms with E-state index in [9.17, 15) is 9.00 Å². The number of primary amides is 1. The minimum atomic E-state index is -1.99. The van der Waals surface area contributed by atoms with E-state index in [0.717, 1.165) is 6.26 Å². The molecule has 0 bridgehead atoms. The average Bonchev–Trinajstić information content (AvgIpc) is 2.48. The van der Waals surface area contributed by atoms with Crippen molar-refractivity contribution in [3.63, 3.8) is 0 Å². The van der Waals surface area contributed by atoms with Crippen LogP contribution in [0, 0.1) is 0 Å². The maximum absolute atomic E-state index is 10.5. The van der Waals surface area contributed by atoms with Crippen LogP contribution in [0.1, 0.15) is 10.5 Å². The summed E-state index contributed by atoms with van der Waals surface area (Å²) in [5, 5.41) is 2.38. The van der Waals surface area contributed by atoms with Crippen molar-refractivity contribution in [3.05, 3.63) is 12.0 Å². The first-order chi connectivity index (χ1) is 6.09. The van der Waals surface area contributed by atoms with Gasteiger partial charge in [-0.2, -0.15) is 4.98 Å². The molecule has 1 rings (SSSR count). The Labute approximate surface area is 75.6 Å². The fraction of sp³-hybridized carbons (Fsp3) is 0.200. The minimum Gasteiger partial charge on any atom is -0.431 e. The van der Waals surface area contributed by atoms with E-state index < -0.39 is 17.0 Å². The van der Waals surface area contributed by atoms with Gasteiger partial charge < -0.3 is 20.0 Å². The minimum absolute atomic E-state index is 0.0174. The highest BCUT2D eigenvalue weighted by Crippen LogP contribution is 2.05. The van der Waals surface area contributed by atoms with Crippen LogP contribution in [-0.2, 0) is 11.1 Å². The molecule has 7 nitrogen and oxygen atoms in total. The predicted octanol–water partition coefficient (Wildman–Crippen LogP) is -0.635. The lowest BCUT2D eigenvalue weighted by molar-refractivity contribution is 0.0995. The van der Waals surface area contributed by atoms with Crippen molar-refractivity contribution in [2.24, 2.45) is 5.73 Å². The van der Waals surface area contributed by atoms with Crippen LogP contribution in [0.3, 0.4) is 0 Å². The van der Waals surface area contributed by atoms with Gasteiger partial charge in [-0.1, -0.05) is 0 Å². The van der Waals surface area contributed by atoms with E-state index in [0.29, 0.717) is 0 Å². The molecule has 0 aromatic carbocycles. The number of aromatic nitrogens is 1. The van der Waals surface area contributed by atoms with Gasteiger partial charge in [0.2, 0.25) is 0 Å². The summed E-state index contributed by atoms with van der Waals surface area (Å²) in [7, 11) is 0. The Morgan fingerprint density at radius 1 is 1.85 bits per heavy atom. The molecule has 0 saturated heterocycles. The van der Waals surface area contributed by atoms with Crippen molar-refractivity contribution in [3.8, 4) is 0 Å². The lowest BCUT2D eigenvalue weighted by Crippen LogP contribution is -2.12. The van der Waals surface area contributed by atoms with Crippen LogP contribution in [0.5, 0.6) is 0 Å². The highest BCUT2D eigenvalue weighted by molar-refractivity contribution is 7.79. The molecule has 1 amide bonds. The van der Waals surface area contributed by atoms with Gasteiger partial charge in [0, 0.05) is 0 Å². The molecule has 0 radical (unpaired) electrons. The van der Waals surface area contributed by atoms with Gasteiger partial charge in [-0.3, -0.25) is 4.79 Å². The van der Waals surface area contributed by atoms with Crippen molar-refractivity contribution in [1.29, 1.82) is 0 Å². The number of anilines is 1. The Morgan fingerprint density at radius 3 is 3.00 bits per heavy atom. The van der Waals surface area contributed by atoms with Crippen LogP contribution in [0.25, 0.3) is 0 Å². The first-order valence-electron chi connectivity index (χ1n) is 3.16. The van der Waals surface area contributed by atoms with E-state index in [4.69, 9.17) is 14.7 Å². The summed E-state index contributed by atoms with van der Waals surface area (Å²) in [6.45, 7) is 0. The summed E-state index contributed by atoms with van der Waals surface area (Å²) in [6.07, 6.45) is 1.06. The third-order valence-corrected chi connectivity index (χ3v) is 1.49. The number of nitrogens with zero attached hydrogens (tertiary/aromatic N) is 1. The molecule has 0 spiro atoms. The zero-order chi connectivity index (χ0) is 9.84. The fourth-order valence-corrected chi connectivity index (χ4v) is 0.839. The second kappa shape index (κ2) is 4.01. The van der Waals surface area contributed by atoms with Crippen LogP contribution in [0.2, 0.25) is 0 Å². The molecule has 1 unspecified atom stereocenters. The molecule has 1 atom stereocenters. The molecular weight excluding hydrogens is 198 g/mol. The molecule has 8 heteroatoms. The van der Waals surface area contributed by atoms with Crippen LogP contribution in [-0.4, -0.2) is 25.5 Å². The van der Waals surface area contributed by atoms with E-state index >= 15 is 0 Å². The van der Waals surface area contributed by atoms with E-state index in [1.165, 1.54) is 0 Å². The number of amides is 1. The Hall–Kier alpha value is -1.41. The zero-order valence-electron chi connectivity index (χ0n) is 6.39. The highest BCUT2D eigenvalue weighted by atomic mass is 32.2. The van der Waals surface area contributed by atoms with Gasteiger partial charge in [0.15, 0.2) is 16.8 Å². The third-order valence-electron chi connectivity index (χ3n) is 1.10. The second-order valence-electron chi connectivity index (χ2n) is 2.04. The van der Waals surface area contributed by atoms with E-state index in [1.807, 2.05) is 0 Å². The van der Waals surface area contributed by atoms with Crippen molar-refractivity contribution >= 4 is 23.0 Å². The van der Waals surface area contributed by atoms with Crippen molar-refractivity contribution in [1.82, 2.24) is 4.98 Å². The lowest BCUT2D eigenvalue weighted by atomic mass is 10.5. The fourth-order valence-electron chi connectivity index (χ4n) is 0.592. The smallest absolute Gasteiger partial charge is 0.296 e. The van der Waals surface area contributed by atoms with E-state index in [-0.39, 0.29) is 17.6 Å². The molecule has 4 N–H and O–H groups in total. The highest BCUT2D eigenvalue weighted by Gasteiger charge is 2.08. The molecular formula is C5H7N3O4S. The lowest BCUT2D eigenvalue weighted by Gasteiger charge is -1.94. The standard InChI is InChI=1S/C5H7N3O4S/c6-4(9)3-1-12-5(8-3)7-2-13(10)11/h1H,2H2,(H2,6,9)(H,7,8)(H,10,11). The first-order valence-corrected chi connectivity index (χ1v) is 4.44. The van der Waals surface area contributed by atoms with Crippen molar-refractivity contribution in [2.75, 3.05) is 11.2 Å². The Morgan fingerprint density at radius 2 is 2.54 bits per heavy atom. The first kappa shape index (κ1) is 9.68. The number of hydrogen-bond donors (Lipinski definition) is 3. The van der Waals surface area contributed by atoms with Gasteiger partial charge in [0.25, 0.3) is 11.9 Å². The molecule has 1 aromatic rings. The maximum Gasteiger partial charge on any atom is 0.296 e. The quantitative estimate of drug-likeness (QED) is 0.563. The maximum atomic E-state index is 10.5. The third kappa shape index (κ3) is 2.84. The number of rotatable bonds is 4. The number of nitrogens with two attached hydrogens (primary N) is 1. The molecule has 13 heavy (non-hydrogen) atoms. The Bertz CT molecular complexity index is 336. The van der Waals surface area contributed by atoms with Crippen LogP contribution >= 0.6 is 0 Å². The molecule has 0 saturated carbocycles. The summed E-state index contributed by atoms with van der Waals surface area (Å²) >= 11 is -1.99. The number of hydrogen-bond acceptors (Lipinski definition) is 5. The normalized spacial score (nSPS) is 12.4. The van der Waals surface area contributed by atoms with E-state index in [2.05, 4.69) is 10.3 Å². The summed E-state index contributed by atoms with van der Waals surface area (Å²) in [5.41, 5.74) is 4.85. The summed E-state index contributed by atoms with van der Waals surface area (Å²) in [6, 6.07) is -0.0174. The Balaban J connectivity index is 2.59. The summed E-state index contributed by atoms with van der Waals surface area (Å²) < 4.78 is 23.3. The summed E-state index contributed by atoms with van der Waals surface area (Å²) in [5.74, 6) is -0.944. The number of carbonyl (C=O) groups excluding carboxylic acids is 1. The monoisotopic (exact) mass is 205 g/mol. The molecule has 1 heterocycles. The molecule has 0 aliphatic heterocycles. The van der Waals surface area contributed by atoms with E-state index in [1.54, 1.807) is 0 Å². The molecule has 0 aliphatic rings. The molecule has 0 fully saturated rings. The van der Waals surface area contributed by atoms with Crippen LogP contribution < -0.4 is 11.1 Å². The van der Waals surface area contributed by atoms with Gasteiger partial charge in [0.05, 0.1) is 0 Å². The van der Waals surface area contributed by atoms with Gasteiger partial charge in [-0.25, -0.2) is 4.21 Å². The predicted molar refractivity (Wildman–Crippen MR) is 44.3 cm³/mol. The van der Waals surface area contributed by atoms with Crippen molar-refractivity contribution < 1.29 is 18.0 Å². The van der Waals surface area contributed by atoms with Gasteiger partial charge >= 0.3 is 0 Å². The van der Waals surface area contributed by atoms with Crippen molar-refractivity contribution in [2.45, 2.75) is 0 Å². The van der Waals surface area contributed by atoms with Gasteiger partial charge in [0.1, 0.15) is 12.1 Å².